The van der Waals surface area contributed by atoms with Gasteiger partial charge in [0.15, 0.2) is 26.6 Å². The van der Waals surface area contributed by atoms with E-state index in [1.807, 2.05) is 31.3 Å². The Labute approximate surface area is 248 Å². The van der Waals surface area contributed by atoms with Crippen LogP contribution in [-0.2, 0) is 9.16 Å². The number of benzene rings is 2. The van der Waals surface area contributed by atoms with Gasteiger partial charge in [-0.05, 0) is 85.4 Å². The summed E-state index contributed by atoms with van der Waals surface area (Å²) in [5.41, 5.74) is 2.20. The highest BCUT2D eigenvalue weighted by atomic mass is 79.9. The molecule has 0 radical (unpaired) electrons. The molecule has 0 aromatic heterocycles. The monoisotopic (exact) mass is 631 g/mol. The number of ether oxygens (including phenoxy) is 3. The first kappa shape index (κ1) is 32.1. The fourth-order valence-corrected chi connectivity index (χ4v) is 5.91. The largest absolute Gasteiger partial charge is 0.479 e. The van der Waals surface area contributed by atoms with Crippen LogP contribution in [0, 0.1) is 0 Å². The molecule has 7 nitrogen and oxygen atoms in total. The minimum atomic E-state index is -2.13. The van der Waals surface area contributed by atoms with Gasteiger partial charge >= 0.3 is 0 Å². The van der Waals surface area contributed by atoms with Gasteiger partial charge in [0.25, 0.3) is 5.91 Å². The molecule has 40 heavy (non-hydrogen) atoms. The number of allylic oxidation sites excluding steroid dienone is 1. The van der Waals surface area contributed by atoms with Gasteiger partial charge in [0.1, 0.15) is 12.4 Å². The first-order chi connectivity index (χ1) is 18.9. The zero-order chi connectivity index (χ0) is 29.5. The van der Waals surface area contributed by atoms with E-state index in [0.29, 0.717) is 35.6 Å². The molecule has 0 unspecified atom stereocenters. The first-order valence-electron chi connectivity index (χ1n) is 13.6. The molecule has 2 aromatic carbocycles. The summed E-state index contributed by atoms with van der Waals surface area (Å²) in [5.74, 6) is 0.915. The third-order valence-corrected chi connectivity index (χ3v) is 12.7. The Kier molecular flexibility index (Phi) is 11.2. The van der Waals surface area contributed by atoms with Crippen molar-refractivity contribution in [3.05, 3.63) is 69.7 Å². The number of nitrogens with zero attached hydrogens (tertiary/aromatic N) is 1. The van der Waals surface area contributed by atoms with Gasteiger partial charge in [-0.3, -0.25) is 9.59 Å². The second kappa shape index (κ2) is 13.9. The van der Waals surface area contributed by atoms with Crippen LogP contribution in [0.15, 0.2) is 58.6 Å². The number of hydrogen-bond donors (Lipinski definition) is 0. The van der Waals surface area contributed by atoms with Crippen LogP contribution in [0.3, 0.4) is 0 Å². The Balaban J connectivity index is 1.89. The number of methoxy groups -OCH3 is 1. The molecule has 0 fully saturated rings. The van der Waals surface area contributed by atoms with Crippen molar-refractivity contribution >= 4 is 36.4 Å². The minimum Gasteiger partial charge on any atom is -0.479 e. The highest BCUT2D eigenvalue weighted by Crippen LogP contribution is 2.41. The van der Waals surface area contributed by atoms with E-state index in [4.69, 9.17) is 18.6 Å². The van der Waals surface area contributed by atoms with Crippen molar-refractivity contribution in [1.82, 2.24) is 4.90 Å². The summed E-state index contributed by atoms with van der Waals surface area (Å²) in [4.78, 5) is 26.4. The van der Waals surface area contributed by atoms with Gasteiger partial charge < -0.3 is 23.5 Å². The van der Waals surface area contributed by atoms with E-state index in [1.54, 1.807) is 30.2 Å². The predicted octanol–water partition coefficient (Wildman–Crippen LogP) is 7.26. The standard InChI is InChI=1S/C31H42BrNO6Si/c1-31(2,3)40(6,7)39-27-10-8-9-23(17-18-33(4)30(35)24-12-14-25(32)15-13-24)29(27)38-28-19-22(20-34)11-16-26(28)37-21-36-5/h9,11-16,19-20,27,29H,8,10,17-18,21H2,1-7H3/t27-,29-/m0/s1. The normalized spacial score (nSPS) is 17.6. The van der Waals surface area contributed by atoms with Crippen molar-refractivity contribution in [1.29, 1.82) is 0 Å². The highest BCUT2D eigenvalue weighted by Gasteiger charge is 2.42. The molecular weight excluding hydrogens is 590 g/mol. The number of aldehydes is 1. The zero-order valence-corrected chi connectivity index (χ0v) is 27.2. The Morgan fingerprint density at radius 2 is 1.82 bits per heavy atom. The van der Waals surface area contributed by atoms with Gasteiger partial charge in [0.05, 0.1) is 6.10 Å². The summed E-state index contributed by atoms with van der Waals surface area (Å²) in [7, 11) is 1.24. The predicted molar refractivity (Wildman–Crippen MR) is 164 cm³/mol. The average molecular weight is 633 g/mol. The van der Waals surface area contributed by atoms with Crippen LogP contribution >= 0.6 is 15.9 Å². The van der Waals surface area contributed by atoms with Crippen molar-refractivity contribution < 1.29 is 28.2 Å². The first-order valence-corrected chi connectivity index (χ1v) is 17.3. The maximum Gasteiger partial charge on any atom is 0.253 e. The lowest BCUT2D eigenvalue weighted by Gasteiger charge is -2.43. The topological polar surface area (TPSA) is 74.3 Å². The minimum absolute atomic E-state index is 0.0281. The van der Waals surface area contributed by atoms with Crippen LogP contribution in [0.4, 0.5) is 0 Å². The fourth-order valence-electron chi connectivity index (χ4n) is 4.29. The zero-order valence-electron chi connectivity index (χ0n) is 24.7. The van der Waals surface area contributed by atoms with Gasteiger partial charge in [-0.1, -0.05) is 42.8 Å². The number of amides is 1. The van der Waals surface area contributed by atoms with Crippen LogP contribution in [0.1, 0.15) is 60.7 Å². The number of halogens is 1. The van der Waals surface area contributed by atoms with Crippen molar-refractivity contribution in [3.8, 4) is 11.5 Å². The molecular formula is C31H42BrNO6Si. The molecule has 3 rings (SSSR count). The van der Waals surface area contributed by atoms with Crippen molar-refractivity contribution in [3.63, 3.8) is 0 Å². The van der Waals surface area contributed by atoms with E-state index in [-0.39, 0.29) is 23.8 Å². The van der Waals surface area contributed by atoms with E-state index in [1.165, 1.54) is 0 Å². The average Bonchev–Trinajstić information content (AvgIpc) is 2.91. The summed E-state index contributed by atoms with van der Waals surface area (Å²) >= 11 is 3.42. The molecule has 0 heterocycles. The summed E-state index contributed by atoms with van der Waals surface area (Å²) in [6.07, 6.45) is 4.72. The second-order valence-electron chi connectivity index (χ2n) is 11.7. The van der Waals surface area contributed by atoms with E-state index in [0.717, 1.165) is 29.2 Å². The van der Waals surface area contributed by atoms with Crippen LogP contribution < -0.4 is 9.47 Å². The summed E-state index contributed by atoms with van der Waals surface area (Å²) in [6.45, 7) is 11.7. The summed E-state index contributed by atoms with van der Waals surface area (Å²) < 4.78 is 25.4. The molecule has 1 aliphatic carbocycles. The van der Waals surface area contributed by atoms with E-state index in [9.17, 15) is 9.59 Å². The smallest absolute Gasteiger partial charge is 0.253 e. The number of rotatable bonds is 12. The molecule has 0 saturated heterocycles. The Morgan fingerprint density at radius 1 is 1.12 bits per heavy atom. The summed E-state index contributed by atoms with van der Waals surface area (Å²) in [5, 5.41) is 0.0281. The number of carbonyl (C=O) groups is 2. The Hall–Kier alpha value is -2.46. The molecule has 0 aliphatic heterocycles. The Morgan fingerprint density at radius 3 is 2.45 bits per heavy atom. The molecule has 0 N–H and O–H groups in total. The van der Waals surface area contributed by atoms with Gasteiger partial charge in [-0.2, -0.15) is 0 Å². The molecule has 9 heteroatoms. The maximum absolute atomic E-state index is 13.1. The third kappa shape index (κ3) is 8.28. The second-order valence-corrected chi connectivity index (χ2v) is 17.3. The SMILES string of the molecule is COCOc1ccc(C=O)cc1O[C@H]1C(CCN(C)C(=O)c2ccc(Br)cc2)=CCC[C@@H]1O[Si](C)(C)C(C)(C)C. The molecule has 0 bridgehead atoms. The lowest BCUT2D eigenvalue weighted by Crippen LogP contribution is -2.49. The van der Waals surface area contributed by atoms with E-state index in [2.05, 4.69) is 55.9 Å². The number of carbonyl (C=O) groups excluding carboxylic acids is 2. The van der Waals surface area contributed by atoms with Gasteiger partial charge in [0, 0.05) is 36.3 Å². The quantitative estimate of drug-likeness (QED) is 0.106. The molecule has 1 aliphatic rings. The fraction of sp³-hybridized carbons (Fsp3) is 0.484. The van der Waals surface area contributed by atoms with Gasteiger partial charge in [-0.15, -0.1) is 0 Å². The Bertz CT molecular complexity index is 1190. The van der Waals surface area contributed by atoms with Crippen molar-refractivity contribution in [2.75, 3.05) is 27.5 Å². The molecule has 2 aromatic rings. The van der Waals surface area contributed by atoms with Crippen LogP contribution in [0.2, 0.25) is 18.1 Å². The van der Waals surface area contributed by atoms with Gasteiger partial charge in [-0.25, -0.2) is 0 Å². The molecule has 1 amide bonds. The lowest BCUT2D eigenvalue weighted by molar-refractivity contribution is 0.0345. The maximum atomic E-state index is 13.1. The van der Waals surface area contributed by atoms with Crippen LogP contribution in [0.5, 0.6) is 11.5 Å². The lowest BCUT2D eigenvalue weighted by atomic mass is 9.91. The number of hydrogen-bond acceptors (Lipinski definition) is 6. The summed E-state index contributed by atoms with van der Waals surface area (Å²) in [6, 6.07) is 12.5. The van der Waals surface area contributed by atoms with Crippen molar-refractivity contribution in [2.24, 2.45) is 0 Å². The molecule has 218 valence electrons. The molecule has 2 atom stereocenters. The van der Waals surface area contributed by atoms with Crippen LogP contribution in [0.25, 0.3) is 0 Å². The van der Waals surface area contributed by atoms with Crippen LogP contribution in [-0.4, -0.2) is 65.1 Å². The van der Waals surface area contributed by atoms with Gasteiger partial charge in [0.2, 0.25) is 0 Å². The van der Waals surface area contributed by atoms with Crippen molar-refractivity contribution in [2.45, 2.75) is 70.4 Å². The van der Waals surface area contributed by atoms with E-state index < -0.39 is 14.4 Å². The molecule has 0 spiro atoms. The highest BCUT2D eigenvalue weighted by molar-refractivity contribution is 9.10. The van der Waals surface area contributed by atoms with E-state index >= 15 is 0 Å². The third-order valence-electron chi connectivity index (χ3n) is 7.68. The molecule has 0 saturated carbocycles.